The second-order valence-corrected chi connectivity index (χ2v) is 9.10. The van der Waals surface area contributed by atoms with Crippen LogP contribution in [-0.4, -0.2) is 52.0 Å². The zero-order chi connectivity index (χ0) is 23.3. The van der Waals surface area contributed by atoms with Gasteiger partial charge in [0.15, 0.2) is 0 Å². The summed E-state index contributed by atoms with van der Waals surface area (Å²) in [6, 6.07) is 17.9. The van der Waals surface area contributed by atoms with E-state index >= 15 is 0 Å². The van der Waals surface area contributed by atoms with E-state index in [4.69, 9.17) is 9.47 Å². The van der Waals surface area contributed by atoms with E-state index in [-0.39, 0.29) is 11.8 Å². The molecule has 8 heteroatoms. The molecule has 8 nitrogen and oxygen atoms in total. The average Bonchev–Trinajstić information content (AvgIpc) is 3.34. The largest absolute Gasteiger partial charge is 0.496 e. The number of carbonyl (C=O) groups is 1. The number of para-hydroxylation sites is 2. The molecule has 1 amide bonds. The molecule has 3 fully saturated rings. The van der Waals surface area contributed by atoms with Crippen LogP contribution in [0.15, 0.2) is 60.8 Å². The Morgan fingerprint density at radius 2 is 1.97 bits per heavy atom. The molecular weight excluding hydrogens is 430 g/mol. The summed E-state index contributed by atoms with van der Waals surface area (Å²) >= 11 is 0. The van der Waals surface area contributed by atoms with Gasteiger partial charge in [0.05, 0.1) is 25.8 Å². The fourth-order valence-corrected chi connectivity index (χ4v) is 5.17. The number of nitrogens with zero attached hydrogens (tertiary/aromatic N) is 4. The van der Waals surface area contributed by atoms with Crippen LogP contribution >= 0.6 is 0 Å². The van der Waals surface area contributed by atoms with Crippen molar-refractivity contribution < 1.29 is 14.3 Å². The third-order valence-corrected chi connectivity index (χ3v) is 6.97. The Morgan fingerprint density at radius 3 is 2.76 bits per heavy atom. The lowest BCUT2D eigenvalue weighted by Gasteiger charge is -2.49. The lowest BCUT2D eigenvalue weighted by molar-refractivity contribution is -0.133. The highest BCUT2D eigenvalue weighted by Crippen LogP contribution is 2.37. The van der Waals surface area contributed by atoms with E-state index in [0.717, 1.165) is 55.2 Å². The molecule has 0 spiro atoms. The minimum absolute atomic E-state index is 0.0327. The van der Waals surface area contributed by atoms with Crippen molar-refractivity contribution in [3.63, 3.8) is 0 Å². The molecule has 0 radical (unpaired) electrons. The van der Waals surface area contributed by atoms with Crippen LogP contribution in [0.25, 0.3) is 0 Å². The molecule has 6 rings (SSSR count). The van der Waals surface area contributed by atoms with Crippen LogP contribution in [0.1, 0.15) is 24.1 Å². The lowest BCUT2D eigenvalue weighted by Crippen LogP contribution is -2.58. The van der Waals surface area contributed by atoms with Crippen molar-refractivity contribution in [3.8, 4) is 11.5 Å². The molecule has 0 aliphatic carbocycles. The fraction of sp³-hybridized carbons (Fsp3) is 0.423. The fourth-order valence-electron chi connectivity index (χ4n) is 5.17. The molecule has 3 aliphatic heterocycles. The summed E-state index contributed by atoms with van der Waals surface area (Å²) in [4.78, 5) is 15.4. The molecule has 2 aromatic carbocycles. The summed E-state index contributed by atoms with van der Waals surface area (Å²) in [6.07, 6.45) is 4.03. The number of aromatic nitrogens is 3. The van der Waals surface area contributed by atoms with Gasteiger partial charge in [0, 0.05) is 24.7 Å². The van der Waals surface area contributed by atoms with Gasteiger partial charge in [0.25, 0.3) is 0 Å². The van der Waals surface area contributed by atoms with Crippen LogP contribution in [0.2, 0.25) is 0 Å². The molecule has 3 aliphatic rings. The smallest absolute Gasteiger partial charge is 0.224 e. The van der Waals surface area contributed by atoms with Crippen LogP contribution in [0.4, 0.5) is 0 Å². The zero-order valence-corrected chi connectivity index (χ0v) is 19.5. The Bertz CT molecular complexity index is 1100. The molecule has 3 saturated heterocycles. The van der Waals surface area contributed by atoms with Crippen molar-refractivity contribution in [1.82, 2.24) is 25.2 Å². The highest BCUT2D eigenvalue weighted by Gasteiger charge is 2.43. The summed E-state index contributed by atoms with van der Waals surface area (Å²) in [5, 5.41) is 11.7. The van der Waals surface area contributed by atoms with Gasteiger partial charge in [0.1, 0.15) is 23.8 Å². The molecule has 1 unspecified atom stereocenters. The van der Waals surface area contributed by atoms with Gasteiger partial charge in [-0.15, -0.1) is 5.10 Å². The number of methoxy groups -OCH3 is 1. The Morgan fingerprint density at radius 1 is 1.15 bits per heavy atom. The standard InChI is InChI=1S/C26H31N5O3/c1-33-25-10-6-5-7-20(25)14-27-26(32)24-17-30-12-11-19(24)13-22(30)16-31-15-21(28-29-31)18-34-23-8-3-2-4-9-23/h2-10,15,19,22,24H,11-14,16-18H2,1H3,(H,27,32)/t19-,22+,24+/m0/s1. The number of nitrogens with one attached hydrogen (secondary N) is 1. The highest BCUT2D eigenvalue weighted by molar-refractivity contribution is 5.79. The number of fused-ring (bicyclic) bond motifs is 3. The maximum absolute atomic E-state index is 13.0. The van der Waals surface area contributed by atoms with E-state index in [1.165, 1.54) is 0 Å². The predicted molar refractivity (Wildman–Crippen MR) is 127 cm³/mol. The second kappa shape index (κ2) is 10.3. The van der Waals surface area contributed by atoms with Crippen molar-refractivity contribution in [2.24, 2.45) is 11.8 Å². The third-order valence-electron chi connectivity index (χ3n) is 6.97. The maximum atomic E-state index is 13.0. The van der Waals surface area contributed by atoms with Gasteiger partial charge in [-0.2, -0.15) is 0 Å². The molecule has 34 heavy (non-hydrogen) atoms. The minimum Gasteiger partial charge on any atom is -0.496 e. The molecule has 178 valence electrons. The van der Waals surface area contributed by atoms with Gasteiger partial charge >= 0.3 is 0 Å². The molecule has 3 aromatic rings. The monoisotopic (exact) mass is 461 g/mol. The number of benzene rings is 2. The topological polar surface area (TPSA) is 81.5 Å². The molecule has 4 heterocycles. The third kappa shape index (κ3) is 5.07. The minimum atomic E-state index is 0.0327. The van der Waals surface area contributed by atoms with Crippen molar-refractivity contribution >= 4 is 5.91 Å². The van der Waals surface area contributed by atoms with E-state index in [1.807, 2.05) is 65.5 Å². The van der Waals surface area contributed by atoms with E-state index in [9.17, 15) is 4.79 Å². The number of hydrogen-bond acceptors (Lipinski definition) is 6. The average molecular weight is 462 g/mol. The van der Waals surface area contributed by atoms with Crippen molar-refractivity contribution in [1.29, 1.82) is 0 Å². The Kier molecular flexibility index (Phi) is 6.76. The summed E-state index contributed by atoms with van der Waals surface area (Å²) in [5.41, 5.74) is 1.81. The Labute approximate surface area is 199 Å². The summed E-state index contributed by atoms with van der Waals surface area (Å²) in [5.74, 6) is 2.20. The van der Waals surface area contributed by atoms with Crippen LogP contribution in [0.3, 0.4) is 0 Å². The quantitative estimate of drug-likeness (QED) is 0.528. The summed E-state index contributed by atoms with van der Waals surface area (Å²) in [7, 11) is 1.66. The van der Waals surface area contributed by atoms with Gasteiger partial charge < -0.3 is 14.8 Å². The van der Waals surface area contributed by atoms with Gasteiger partial charge in [-0.05, 0) is 43.5 Å². The number of piperidine rings is 3. The second-order valence-electron chi connectivity index (χ2n) is 9.10. The maximum Gasteiger partial charge on any atom is 0.224 e. The predicted octanol–water partition coefficient (Wildman–Crippen LogP) is 2.89. The van der Waals surface area contributed by atoms with E-state index < -0.39 is 0 Å². The number of ether oxygens (including phenoxy) is 2. The van der Waals surface area contributed by atoms with Crippen LogP contribution < -0.4 is 14.8 Å². The lowest BCUT2D eigenvalue weighted by atomic mass is 9.75. The molecule has 4 atom stereocenters. The molecule has 2 bridgehead atoms. The molecule has 1 aromatic heterocycles. The van der Waals surface area contributed by atoms with Gasteiger partial charge in [-0.3, -0.25) is 14.4 Å². The number of rotatable bonds is 9. The first-order chi connectivity index (χ1) is 16.7. The zero-order valence-electron chi connectivity index (χ0n) is 19.5. The van der Waals surface area contributed by atoms with E-state index in [2.05, 4.69) is 20.5 Å². The summed E-state index contributed by atoms with van der Waals surface area (Å²) < 4.78 is 13.1. The highest BCUT2D eigenvalue weighted by atomic mass is 16.5. The van der Waals surface area contributed by atoms with Crippen LogP contribution in [0, 0.1) is 11.8 Å². The molecule has 0 saturated carbocycles. The van der Waals surface area contributed by atoms with Crippen LogP contribution in [0.5, 0.6) is 11.5 Å². The molecule has 1 N–H and O–H groups in total. The number of carbonyl (C=O) groups excluding carboxylic acids is 1. The van der Waals surface area contributed by atoms with E-state index in [0.29, 0.717) is 25.1 Å². The normalized spacial score (nSPS) is 23.4. The summed E-state index contributed by atoms with van der Waals surface area (Å²) in [6.45, 7) is 3.50. The Balaban J connectivity index is 1.13. The van der Waals surface area contributed by atoms with Gasteiger partial charge in [-0.25, -0.2) is 0 Å². The van der Waals surface area contributed by atoms with E-state index in [1.54, 1.807) is 7.11 Å². The number of hydrogen-bond donors (Lipinski definition) is 1. The first-order valence-electron chi connectivity index (χ1n) is 11.9. The van der Waals surface area contributed by atoms with Gasteiger partial charge in [0.2, 0.25) is 5.91 Å². The van der Waals surface area contributed by atoms with Crippen molar-refractivity contribution in [2.45, 2.75) is 38.6 Å². The van der Waals surface area contributed by atoms with Crippen LogP contribution in [-0.2, 0) is 24.5 Å². The SMILES string of the molecule is COc1ccccc1CNC(=O)[C@@H]1CN2CC[C@H]1C[C@@H]2Cn1cc(COc2ccccc2)nn1. The molecular formula is C26H31N5O3. The van der Waals surface area contributed by atoms with Crippen molar-refractivity contribution in [2.75, 3.05) is 20.2 Å². The first kappa shape index (κ1) is 22.4. The van der Waals surface area contributed by atoms with Crippen molar-refractivity contribution in [3.05, 3.63) is 72.1 Å². The number of amides is 1. The Hall–Kier alpha value is -3.39. The van der Waals surface area contributed by atoms with Gasteiger partial charge in [-0.1, -0.05) is 41.6 Å². The first-order valence-corrected chi connectivity index (χ1v) is 11.9.